The fraction of sp³-hybridized carbons (Fsp3) is 0.412. The molecule has 0 spiro atoms. The van der Waals surface area contributed by atoms with Crippen LogP contribution in [0.25, 0.3) is 10.9 Å². The van der Waals surface area contributed by atoms with E-state index in [4.69, 9.17) is 0 Å². The number of carbonyl (C=O) groups is 2. The van der Waals surface area contributed by atoms with Crippen molar-refractivity contribution in [3.63, 3.8) is 0 Å². The van der Waals surface area contributed by atoms with E-state index in [1.807, 2.05) is 19.9 Å². The van der Waals surface area contributed by atoms with Crippen LogP contribution in [0.5, 0.6) is 0 Å². The first-order chi connectivity index (χ1) is 12.1. The van der Waals surface area contributed by atoms with Gasteiger partial charge >= 0.3 is 6.03 Å². The van der Waals surface area contributed by atoms with E-state index in [-0.39, 0.29) is 11.3 Å². The number of amides is 3. The predicted octanol–water partition coefficient (Wildman–Crippen LogP) is 2.13. The maximum Gasteiger partial charge on any atom is 0.321 e. The number of urea groups is 1. The van der Waals surface area contributed by atoms with Gasteiger partial charge in [0.25, 0.3) is 5.56 Å². The molecule has 0 bridgehead atoms. The van der Waals surface area contributed by atoms with Gasteiger partial charge in [-0.1, -0.05) is 37.7 Å². The molecule has 8 heteroatoms. The molecule has 7 nitrogen and oxygen atoms in total. The summed E-state index contributed by atoms with van der Waals surface area (Å²) < 4.78 is 1.58. The molecule has 1 aromatic carbocycles. The maximum absolute atomic E-state index is 12.6. The lowest BCUT2D eigenvalue weighted by molar-refractivity contribution is -0.117. The monoisotopic (exact) mass is 362 g/mol. The highest BCUT2D eigenvalue weighted by Crippen LogP contribution is 2.17. The minimum atomic E-state index is -0.509. The van der Waals surface area contributed by atoms with E-state index in [1.54, 1.807) is 22.8 Å². The van der Waals surface area contributed by atoms with Crippen LogP contribution in [-0.4, -0.2) is 33.8 Å². The molecule has 1 aromatic heterocycles. The lowest BCUT2D eigenvalue weighted by atomic mass is 10.2. The van der Waals surface area contributed by atoms with Gasteiger partial charge in [-0.2, -0.15) is 0 Å². The van der Waals surface area contributed by atoms with Crippen molar-refractivity contribution in [3.05, 3.63) is 34.6 Å². The standard InChI is InChI=1S/C17H22N4O3S/c1-3-9-18-16(24)20-14(22)11-25-17-19-13-8-6-5-7-12(13)15(23)21(17)10-4-2/h5-8H,3-4,9-11H2,1-2H3,(H2,18,20,22,24). The minimum absolute atomic E-state index is 0.00798. The quantitative estimate of drug-likeness (QED) is 0.581. The van der Waals surface area contributed by atoms with Gasteiger partial charge in [-0.25, -0.2) is 9.78 Å². The number of nitrogens with one attached hydrogen (secondary N) is 2. The Hall–Kier alpha value is -2.35. The second-order valence-electron chi connectivity index (χ2n) is 5.46. The zero-order valence-electron chi connectivity index (χ0n) is 14.4. The number of hydrogen-bond acceptors (Lipinski definition) is 5. The highest BCUT2D eigenvalue weighted by atomic mass is 32.2. The Kier molecular flexibility index (Phi) is 7.00. The number of para-hydroxylation sites is 1. The van der Waals surface area contributed by atoms with Crippen LogP contribution in [0, 0.1) is 0 Å². The van der Waals surface area contributed by atoms with Crippen LogP contribution in [0.2, 0.25) is 0 Å². The first-order valence-electron chi connectivity index (χ1n) is 8.26. The van der Waals surface area contributed by atoms with Gasteiger partial charge in [-0.05, 0) is 25.0 Å². The Labute approximate surface area is 150 Å². The summed E-state index contributed by atoms with van der Waals surface area (Å²) in [5.74, 6) is -0.419. The van der Waals surface area contributed by atoms with Gasteiger partial charge < -0.3 is 5.32 Å². The Morgan fingerprint density at radius 1 is 1.20 bits per heavy atom. The fourth-order valence-electron chi connectivity index (χ4n) is 2.25. The molecule has 0 aliphatic heterocycles. The maximum atomic E-state index is 12.6. The van der Waals surface area contributed by atoms with E-state index in [9.17, 15) is 14.4 Å². The lowest BCUT2D eigenvalue weighted by Gasteiger charge is -2.12. The summed E-state index contributed by atoms with van der Waals surface area (Å²) in [5.41, 5.74) is 0.486. The second-order valence-corrected chi connectivity index (χ2v) is 6.40. The topological polar surface area (TPSA) is 93.1 Å². The van der Waals surface area contributed by atoms with Crippen LogP contribution in [0.15, 0.2) is 34.2 Å². The second kappa shape index (κ2) is 9.22. The molecule has 0 saturated carbocycles. The van der Waals surface area contributed by atoms with E-state index in [0.29, 0.717) is 29.1 Å². The van der Waals surface area contributed by atoms with Crippen molar-refractivity contribution in [2.75, 3.05) is 12.3 Å². The summed E-state index contributed by atoms with van der Waals surface area (Å²) in [6.45, 7) is 4.93. The van der Waals surface area contributed by atoms with Gasteiger partial charge in [0.2, 0.25) is 5.91 Å². The molecular formula is C17H22N4O3S. The summed E-state index contributed by atoms with van der Waals surface area (Å²) >= 11 is 1.15. The molecule has 0 aliphatic rings. The van der Waals surface area contributed by atoms with Crippen molar-refractivity contribution in [2.45, 2.75) is 38.4 Å². The van der Waals surface area contributed by atoms with E-state index in [2.05, 4.69) is 15.6 Å². The smallest absolute Gasteiger partial charge is 0.321 e. The zero-order valence-corrected chi connectivity index (χ0v) is 15.2. The first kappa shape index (κ1) is 19.0. The molecule has 0 unspecified atom stereocenters. The highest BCUT2D eigenvalue weighted by Gasteiger charge is 2.13. The summed E-state index contributed by atoms with van der Waals surface area (Å²) in [7, 11) is 0. The lowest BCUT2D eigenvalue weighted by Crippen LogP contribution is -2.40. The number of nitrogens with zero attached hydrogens (tertiary/aromatic N) is 2. The van der Waals surface area contributed by atoms with Crippen LogP contribution in [-0.2, 0) is 11.3 Å². The van der Waals surface area contributed by atoms with Crippen LogP contribution in [0.1, 0.15) is 26.7 Å². The number of hydrogen-bond donors (Lipinski definition) is 2. The van der Waals surface area contributed by atoms with Crippen LogP contribution < -0.4 is 16.2 Å². The molecule has 2 rings (SSSR count). The summed E-state index contributed by atoms with van der Waals surface area (Å²) in [5, 5.41) is 5.88. The Bertz CT molecular complexity index is 819. The molecule has 3 amide bonds. The predicted molar refractivity (Wildman–Crippen MR) is 98.9 cm³/mol. The van der Waals surface area contributed by atoms with Gasteiger partial charge in [0.15, 0.2) is 5.16 Å². The number of benzene rings is 1. The molecule has 0 radical (unpaired) electrons. The molecule has 0 saturated heterocycles. The normalized spacial score (nSPS) is 10.6. The van der Waals surface area contributed by atoms with Gasteiger partial charge in [-0.3, -0.25) is 19.5 Å². The minimum Gasteiger partial charge on any atom is -0.338 e. The number of fused-ring (bicyclic) bond motifs is 1. The van der Waals surface area contributed by atoms with Crippen molar-refractivity contribution in [1.29, 1.82) is 0 Å². The van der Waals surface area contributed by atoms with Gasteiger partial charge in [0, 0.05) is 13.1 Å². The average molecular weight is 362 g/mol. The zero-order chi connectivity index (χ0) is 18.2. The van der Waals surface area contributed by atoms with Gasteiger partial charge in [-0.15, -0.1) is 0 Å². The first-order valence-corrected chi connectivity index (χ1v) is 9.25. The molecule has 0 fully saturated rings. The van der Waals surface area contributed by atoms with E-state index < -0.39 is 11.9 Å². The number of carbonyl (C=O) groups excluding carboxylic acids is 2. The van der Waals surface area contributed by atoms with E-state index in [0.717, 1.165) is 24.6 Å². The third-order valence-electron chi connectivity index (χ3n) is 3.39. The third-order valence-corrected chi connectivity index (χ3v) is 4.37. The van der Waals surface area contributed by atoms with E-state index in [1.165, 1.54) is 0 Å². The Morgan fingerprint density at radius 2 is 1.96 bits per heavy atom. The Morgan fingerprint density at radius 3 is 2.68 bits per heavy atom. The molecule has 134 valence electrons. The molecule has 0 atom stereocenters. The summed E-state index contributed by atoms with van der Waals surface area (Å²) in [6.07, 6.45) is 1.57. The van der Waals surface area contributed by atoms with Gasteiger partial charge in [0.1, 0.15) is 0 Å². The molecule has 2 aromatic rings. The number of aromatic nitrogens is 2. The summed E-state index contributed by atoms with van der Waals surface area (Å²) in [4.78, 5) is 40.5. The van der Waals surface area contributed by atoms with Gasteiger partial charge in [0.05, 0.1) is 16.7 Å². The third kappa shape index (κ3) is 5.06. The molecule has 2 N–H and O–H groups in total. The van der Waals surface area contributed by atoms with Crippen molar-refractivity contribution in [3.8, 4) is 0 Å². The number of imide groups is 1. The summed E-state index contributed by atoms with van der Waals surface area (Å²) in [6, 6.07) is 6.63. The van der Waals surface area contributed by atoms with Crippen LogP contribution in [0.3, 0.4) is 0 Å². The highest BCUT2D eigenvalue weighted by molar-refractivity contribution is 7.99. The largest absolute Gasteiger partial charge is 0.338 e. The van der Waals surface area contributed by atoms with E-state index >= 15 is 0 Å². The fourth-order valence-corrected chi connectivity index (χ4v) is 3.08. The number of rotatable bonds is 7. The molecule has 0 aliphatic carbocycles. The van der Waals surface area contributed by atoms with Crippen molar-refractivity contribution in [1.82, 2.24) is 20.2 Å². The van der Waals surface area contributed by atoms with Crippen LogP contribution >= 0.6 is 11.8 Å². The SMILES string of the molecule is CCCNC(=O)NC(=O)CSc1nc2ccccc2c(=O)n1CCC. The molecular weight excluding hydrogens is 340 g/mol. The Balaban J connectivity index is 2.14. The van der Waals surface area contributed by atoms with Crippen LogP contribution in [0.4, 0.5) is 4.79 Å². The average Bonchev–Trinajstić information content (AvgIpc) is 2.61. The molecule has 1 heterocycles. The number of thioether (sulfide) groups is 1. The molecule has 25 heavy (non-hydrogen) atoms. The van der Waals surface area contributed by atoms with Crippen molar-refractivity contribution < 1.29 is 9.59 Å². The van der Waals surface area contributed by atoms with Crippen molar-refractivity contribution >= 4 is 34.6 Å². The van der Waals surface area contributed by atoms with Crippen molar-refractivity contribution in [2.24, 2.45) is 0 Å².